The third-order valence-corrected chi connectivity index (χ3v) is 6.02. The number of nitrogens with zero attached hydrogens (tertiary/aromatic N) is 3. The second-order valence-corrected chi connectivity index (χ2v) is 8.21. The molecule has 132 valence electrons. The van der Waals surface area contributed by atoms with Gasteiger partial charge in [0.05, 0.1) is 11.5 Å². The highest BCUT2D eigenvalue weighted by Crippen LogP contribution is 2.18. The molecule has 0 aliphatic carbocycles. The Balaban J connectivity index is 1.95. The largest absolute Gasteiger partial charge is 0.337 e. The molecule has 1 aromatic heterocycles. The summed E-state index contributed by atoms with van der Waals surface area (Å²) in [4.78, 5) is 31.5. The van der Waals surface area contributed by atoms with Crippen LogP contribution in [-0.4, -0.2) is 72.7 Å². The first-order valence-electron chi connectivity index (χ1n) is 7.99. The number of aromatic nitrogens is 1. The van der Waals surface area contributed by atoms with Crippen LogP contribution in [0.3, 0.4) is 0 Å². The third kappa shape index (κ3) is 4.53. The SMILES string of the molecule is CCN(C(=O)C(=O)N(C)CCc1ccncc1)C1CCS(=O)(=O)C1. The highest BCUT2D eigenvalue weighted by molar-refractivity contribution is 7.91. The van der Waals surface area contributed by atoms with E-state index in [0.29, 0.717) is 25.9 Å². The lowest BCUT2D eigenvalue weighted by Crippen LogP contribution is -2.49. The molecule has 2 heterocycles. The molecular weight excluding hydrogens is 330 g/mol. The van der Waals surface area contributed by atoms with Crippen molar-refractivity contribution in [1.29, 1.82) is 0 Å². The maximum atomic E-state index is 12.5. The number of amides is 2. The molecule has 0 spiro atoms. The van der Waals surface area contributed by atoms with Crippen LogP contribution in [0.5, 0.6) is 0 Å². The van der Waals surface area contributed by atoms with Gasteiger partial charge in [0.2, 0.25) is 0 Å². The van der Waals surface area contributed by atoms with Crippen LogP contribution in [-0.2, 0) is 25.8 Å². The van der Waals surface area contributed by atoms with E-state index in [1.54, 1.807) is 26.4 Å². The van der Waals surface area contributed by atoms with Crippen molar-refractivity contribution in [3.8, 4) is 0 Å². The van der Waals surface area contributed by atoms with Crippen molar-refractivity contribution in [2.45, 2.75) is 25.8 Å². The Labute approximate surface area is 142 Å². The lowest BCUT2D eigenvalue weighted by molar-refractivity contribution is -0.152. The lowest BCUT2D eigenvalue weighted by atomic mass is 10.2. The van der Waals surface area contributed by atoms with Crippen molar-refractivity contribution in [3.63, 3.8) is 0 Å². The standard InChI is InChI=1S/C16H23N3O4S/c1-3-19(14-7-11-24(22,23)12-14)16(21)15(20)18(2)10-6-13-4-8-17-9-5-13/h4-5,8-9,14H,3,6-7,10-12H2,1-2H3. The van der Waals surface area contributed by atoms with Crippen LogP contribution >= 0.6 is 0 Å². The highest BCUT2D eigenvalue weighted by Gasteiger charge is 2.36. The van der Waals surface area contributed by atoms with Crippen molar-refractivity contribution >= 4 is 21.7 Å². The van der Waals surface area contributed by atoms with E-state index in [1.165, 1.54) is 9.80 Å². The van der Waals surface area contributed by atoms with E-state index in [1.807, 2.05) is 12.1 Å². The highest BCUT2D eigenvalue weighted by atomic mass is 32.2. The van der Waals surface area contributed by atoms with Crippen molar-refractivity contribution in [3.05, 3.63) is 30.1 Å². The van der Waals surface area contributed by atoms with E-state index in [9.17, 15) is 18.0 Å². The summed E-state index contributed by atoms with van der Waals surface area (Å²) in [6, 6.07) is 3.33. The van der Waals surface area contributed by atoms with Gasteiger partial charge in [-0.05, 0) is 37.5 Å². The third-order valence-electron chi connectivity index (χ3n) is 4.27. The molecule has 2 amide bonds. The Hall–Kier alpha value is -1.96. The second kappa shape index (κ2) is 7.74. The van der Waals surface area contributed by atoms with Gasteiger partial charge in [-0.3, -0.25) is 14.6 Å². The van der Waals surface area contributed by atoms with Gasteiger partial charge in [-0.25, -0.2) is 8.42 Å². The predicted octanol–water partition coefficient (Wildman–Crippen LogP) is 0.118. The molecule has 1 aliphatic heterocycles. The molecule has 8 heteroatoms. The molecule has 1 atom stereocenters. The van der Waals surface area contributed by atoms with Gasteiger partial charge in [0.25, 0.3) is 0 Å². The Morgan fingerprint density at radius 2 is 1.92 bits per heavy atom. The van der Waals surface area contributed by atoms with Gasteiger partial charge >= 0.3 is 11.8 Å². The summed E-state index contributed by atoms with van der Waals surface area (Å²) in [6.07, 6.45) is 4.39. The monoisotopic (exact) mass is 353 g/mol. The molecular formula is C16H23N3O4S. The molecule has 1 fully saturated rings. The summed E-state index contributed by atoms with van der Waals surface area (Å²) in [7, 11) is -1.52. The van der Waals surface area contributed by atoms with Gasteiger partial charge < -0.3 is 9.80 Å². The minimum Gasteiger partial charge on any atom is -0.337 e. The summed E-state index contributed by atoms with van der Waals surface area (Å²) in [6.45, 7) is 2.49. The Morgan fingerprint density at radius 3 is 2.46 bits per heavy atom. The van der Waals surface area contributed by atoms with Crippen LogP contribution < -0.4 is 0 Å². The fraction of sp³-hybridized carbons (Fsp3) is 0.562. The van der Waals surface area contributed by atoms with Gasteiger partial charge in [0.15, 0.2) is 9.84 Å². The number of rotatable bonds is 5. The fourth-order valence-electron chi connectivity index (χ4n) is 2.82. The zero-order valence-corrected chi connectivity index (χ0v) is 14.8. The molecule has 0 bridgehead atoms. The number of hydrogen-bond acceptors (Lipinski definition) is 5. The first kappa shape index (κ1) is 18.4. The maximum Gasteiger partial charge on any atom is 0.312 e. The molecule has 1 aliphatic rings. The first-order valence-corrected chi connectivity index (χ1v) is 9.81. The molecule has 0 radical (unpaired) electrons. The Bertz CT molecular complexity index is 691. The Morgan fingerprint density at radius 1 is 1.25 bits per heavy atom. The van der Waals surface area contributed by atoms with Crippen molar-refractivity contribution in [2.75, 3.05) is 31.6 Å². The van der Waals surface area contributed by atoms with E-state index >= 15 is 0 Å². The number of pyridine rings is 1. The van der Waals surface area contributed by atoms with Gasteiger partial charge in [-0.2, -0.15) is 0 Å². The molecule has 7 nitrogen and oxygen atoms in total. The van der Waals surface area contributed by atoms with Crippen molar-refractivity contribution < 1.29 is 18.0 Å². The van der Waals surface area contributed by atoms with Crippen LogP contribution in [0.4, 0.5) is 0 Å². The average molecular weight is 353 g/mol. The van der Waals surface area contributed by atoms with E-state index < -0.39 is 27.7 Å². The first-order chi connectivity index (χ1) is 11.3. The smallest absolute Gasteiger partial charge is 0.312 e. The van der Waals surface area contributed by atoms with Crippen LogP contribution in [0.1, 0.15) is 18.9 Å². The Kier molecular flexibility index (Phi) is 5.93. The van der Waals surface area contributed by atoms with E-state index in [0.717, 1.165) is 5.56 Å². The molecule has 1 saturated heterocycles. The predicted molar refractivity (Wildman–Crippen MR) is 90.0 cm³/mol. The zero-order chi connectivity index (χ0) is 17.7. The van der Waals surface area contributed by atoms with E-state index in [4.69, 9.17) is 0 Å². The molecule has 2 rings (SSSR count). The molecule has 0 saturated carbocycles. The van der Waals surface area contributed by atoms with Gasteiger partial charge in [-0.15, -0.1) is 0 Å². The second-order valence-electron chi connectivity index (χ2n) is 5.98. The van der Waals surface area contributed by atoms with Crippen LogP contribution in [0.25, 0.3) is 0 Å². The van der Waals surface area contributed by atoms with Gasteiger partial charge in [0.1, 0.15) is 0 Å². The zero-order valence-electron chi connectivity index (χ0n) is 14.0. The normalized spacial score (nSPS) is 19.0. The van der Waals surface area contributed by atoms with Gasteiger partial charge in [0, 0.05) is 38.6 Å². The van der Waals surface area contributed by atoms with Gasteiger partial charge in [-0.1, -0.05) is 0 Å². The number of carbonyl (C=O) groups is 2. The van der Waals surface area contributed by atoms with Crippen LogP contribution in [0.15, 0.2) is 24.5 Å². The van der Waals surface area contributed by atoms with E-state index in [2.05, 4.69) is 4.98 Å². The molecule has 1 unspecified atom stereocenters. The van der Waals surface area contributed by atoms with Crippen molar-refractivity contribution in [1.82, 2.24) is 14.8 Å². The number of sulfone groups is 1. The summed E-state index contributed by atoms with van der Waals surface area (Å²) in [5, 5.41) is 0. The minimum atomic E-state index is -3.10. The fourth-order valence-corrected chi connectivity index (χ4v) is 4.55. The quantitative estimate of drug-likeness (QED) is 0.702. The summed E-state index contributed by atoms with van der Waals surface area (Å²) >= 11 is 0. The van der Waals surface area contributed by atoms with Crippen molar-refractivity contribution in [2.24, 2.45) is 0 Å². The average Bonchev–Trinajstić information content (AvgIpc) is 2.93. The molecule has 0 aromatic carbocycles. The summed E-state index contributed by atoms with van der Waals surface area (Å²) in [5.41, 5.74) is 1.03. The molecule has 1 aromatic rings. The number of hydrogen-bond donors (Lipinski definition) is 0. The topological polar surface area (TPSA) is 87.7 Å². The van der Waals surface area contributed by atoms with E-state index in [-0.39, 0.29) is 11.5 Å². The number of carbonyl (C=O) groups excluding carboxylic acids is 2. The lowest BCUT2D eigenvalue weighted by Gasteiger charge is -2.28. The van der Waals surface area contributed by atoms with Crippen LogP contribution in [0, 0.1) is 0 Å². The maximum absolute atomic E-state index is 12.5. The molecule has 0 N–H and O–H groups in total. The molecule has 24 heavy (non-hydrogen) atoms. The minimum absolute atomic E-state index is 0.0550. The number of likely N-dealkylation sites (N-methyl/N-ethyl adjacent to an activating group) is 2. The summed E-state index contributed by atoms with van der Waals surface area (Å²) < 4.78 is 23.2. The summed E-state index contributed by atoms with van der Waals surface area (Å²) in [5.74, 6) is -1.21. The van der Waals surface area contributed by atoms with Crippen LogP contribution in [0.2, 0.25) is 0 Å².